The summed E-state index contributed by atoms with van der Waals surface area (Å²) >= 11 is 0. The molecule has 1 fully saturated rings. The van der Waals surface area contributed by atoms with Crippen molar-refractivity contribution in [2.24, 2.45) is 5.92 Å². The summed E-state index contributed by atoms with van der Waals surface area (Å²) in [6.07, 6.45) is -3.22. The van der Waals surface area contributed by atoms with Gasteiger partial charge in [0.1, 0.15) is 0 Å². The van der Waals surface area contributed by atoms with E-state index in [1.807, 2.05) is 0 Å². The first-order valence-corrected chi connectivity index (χ1v) is 3.16. The quantitative estimate of drug-likeness (QED) is 0.591. The van der Waals surface area contributed by atoms with Gasteiger partial charge in [0.05, 0.1) is 0 Å². The third-order valence-corrected chi connectivity index (χ3v) is 1.55. The molecule has 11 heavy (non-hydrogen) atoms. The van der Waals surface area contributed by atoms with Crippen molar-refractivity contribution in [3.63, 3.8) is 0 Å². The first kappa shape index (κ1) is 8.49. The summed E-state index contributed by atoms with van der Waals surface area (Å²) in [6, 6.07) is 0. The Morgan fingerprint density at radius 3 is 2.09 bits per heavy atom. The second kappa shape index (κ2) is 2.46. The third kappa shape index (κ3) is 1.52. The van der Waals surface area contributed by atoms with Crippen LogP contribution in [-0.2, 0) is 4.79 Å². The number of hydrogen-bond donors (Lipinski definition) is 0. The number of alkyl halides is 4. The fraction of sp³-hybridized carbons (Fsp3) is 0.833. The lowest BCUT2D eigenvalue weighted by Crippen LogP contribution is -2.37. The predicted molar refractivity (Wildman–Crippen MR) is 28.7 cm³/mol. The Hall–Kier alpha value is -0.610. The van der Waals surface area contributed by atoms with E-state index in [-0.39, 0.29) is 0 Å². The van der Waals surface area contributed by atoms with E-state index >= 15 is 0 Å². The monoisotopic (exact) mass is 170 g/mol. The maximum atomic E-state index is 12.1. The summed E-state index contributed by atoms with van der Waals surface area (Å²) in [5.74, 6) is -6.85. The van der Waals surface area contributed by atoms with Crippen LogP contribution in [0.1, 0.15) is 12.8 Å². The molecule has 1 aliphatic carbocycles. The Morgan fingerprint density at radius 2 is 1.82 bits per heavy atom. The Balaban J connectivity index is 2.62. The molecule has 64 valence electrons. The van der Waals surface area contributed by atoms with Crippen LogP contribution in [0.15, 0.2) is 0 Å². The van der Waals surface area contributed by atoms with Gasteiger partial charge >= 0.3 is 12.3 Å². The lowest BCUT2D eigenvalue weighted by atomic mass is 10.1. The molecule has 0 spiro atoms. The van der Waals surface area contributed by atoms with Crippen molar-refractivity contribution in [2.45, 2.75) is 25.2 Å². The van der Waals surface area contributed by atoms with Gasteiger partial charge in [-0.2, -0.15) is 8.78 Å². The fourth-order valence-electron chi connectivity index (χ4n) is 0.725. The largest absolute Gasteiger partial charge is 0.364 e. The molecule has 0 aromatic carbocycles. The van der Waals surface area contributed by atoms with Crippen LogP contribution in [0, 0.1) is 5.92 Å². The molecule has 0 saturated heterocycles. The van der Waals surface area contributed by atoms with Gasteiger partial charge in [-0.1, -0.05) is 0 Å². The van der Waals surface area contributed by atoms with E-state index < -0.39 is 24.0 Å². The number of ketones is 1. The maximum absolute atomic E-state index is 12.1. The molecular formula is C6H6F4O. The second-order valence-electron chi connectivity index (χ2n) is 2.56. The van der Waals surface area contributed by atoms with Crippen LogP contribution in [0.4, 0.5) is 17.6 Å². The standard InChI is InChI=1S/C6H6F4O/c7-5(8)6(9,10)4(11)3-1-2-3/h3,5H,1-2H2. The van der Waals surface area contributed by atoms with Crippen molar-refractivity contribution in [1.82, 2.24) is 0 Å². The third-order valence-electron chi connectivity index (χ3n) is 1.55. The number of rotatable bonds is 3. The van der Waals surface area contributed by atoms with Crippen molar-refractivity contribution in [2.75, 3.05) is 0 Å². The minimum Gasteiger partial charge on any atom is -0.292 e. The zero-order valence-electron chi connectivity index (χ0n) is 5.49. The smallest absolute Gasteiger partial charge is 0.292 e. The Morgan fingerprint density at radius 1 is 1.36 bits per heavy atom. The normalized spacial score (nSPS) is 19.0. The van der Waals surface area contributed by atoms with Crippen molar-refractivity contribution < 1.29 is 22.4 Å². The zero-order valence-corrected chi connectivity index (χ0v) is 5.49. The zero-order chi connectivity index (χ0) is 8.65. The minimum atomic E-state index is -4.43. The average Bonchev–Trinajstić information content (AvgIpc) is 2.66. The van der Waals surface area contributed by atoms with E-state index in [4.69, 9.17) is 0 Å². The summed E-state index contributed by atoms with van der Waals surface area (Å²) in [5.41, 5.74) is 0. The van der Waals surface area contributed by atoms with Crippen molar-refractivity contribution >= 4 is 5.78 Å². The van der Waals surface area contributed by atoms with Gasteiger partial charge < -0.3 is 0 Å². The molecule has 1 rings (SSSR count). The molecule has 1 aliphatic rings. The highest BCUT2D eigenvalue weighted by Crippen LogP contribution is 2.38. The SMILES string of the molecule is O=C(C1CC1)C(F)(F)C(F)F. The fourth-order valence-corrected chi connectivity index (χ4v) is 0.725. The highest BCUT2D eigenvalue weighted by molar-refractivity contribution is 5.90. The lowest BCUT2D eigenvalue weighted by Gasteiger charge is -2.12. The van der Waals surface area contributed by atoms with Gasteiger partial charge in [0.25, 0.3) is 0 Å². The van der Waals surface area contributed by atoms with Gasteiger partial charge in [-0.15, -0.1) is 0 Å². The van der Waals surface area contributed by atoms with Crippen LogP contribution in [-0.4, -0.2) is 18.1 Å². The summed E-state index contributed by atoms with van der Waals surface area (Å²) in [4.78, 5) is 10.4. The van der Waals surface area contributed by atoms with Crippen LogP contribution in [0.2, 0.25) is 0 Å². The molecule has 0 amide bonds. The van der Waals surface area contributed by atoms with Crippen LogP contribution in [0.5, 0.6) is 0 Å². The summed E-state index contributed by atoms with van der Waals surface area (Å²) < 4.78 is 47.2. The molecule has 0 heterocycles. The number of carbonyl (C=O) groups excluding carboxylic acids is 1. The van der Waals surface area contributed by atoms with E-state index in [0.717, 1.165) is 0 Å². The van der Waals surface area contributed by atoms with Gasteiger partial charge in [0.15, 0.2) is 0 Å². The van der Waals surface area contributed by atoms with E-state index in [2.05, 4.69) is 0 Å². The molecule has 1 saturated carbocycles. The molecule has 0 atom stereocenters. The number of Topliss-reactive ketones (excluding diaryl/α,β-unsaturated/α-hetero) is 1. The highest BCUT2D eigenvalue weighted by atomic mass is 19.3. The van der Waals surface area contributed by atoms with E-state index in [0.29, 0.717) is 12.8 Å². The van der Waals surface area contributed by atoms with E-state index in [1.165, 1.54) is 0 Å². The van der Waals surface area contributed by atoms with Crippen LogP contribution in [0.25, 0.3) is 0 Å². The second-order valence-corrected chi connectivity index (χ2v) is 2.56. The van der Waals surface area contributed by atoms with Crippen molar-refractivity contribution in [3.05, 3.63) is 0 Å². The van der Waals surface area contributed by atoms with Gasteiger partial charge in [-0.25, -0.2) is 8.78 Å². The van der Waals surface area contributed by atoms with Gasteiger partial charge in [-0.05, 0) is 12.8 Å². The molecule has 0 aromatic heterocycles. The first-order chi connectivity index (χ1) is 4.96. The number of halogens is 4. The Labute approximate surface area is 60.4 Å². The molecule has 5 heteroatoms. The summed E-state index contributed by atoms with van der Waals surface area (Å²) in [6.45, 7) is 0. The number of hydrogen-bond acceptors (Lipinski definition) is 1. The minimum absolute atomic E-state index is 0.321. The molecule has 1 nitrogen and oxygen atoms in total. The topological polar surface area (TPSA) is 17.1 Å². The van der Waals surface area contributed by atoms with Crippen LogP contribution < -0.4 is 0 Å². The molecule has 0 bridgehead atoms. The molecule has 0 N–H and O–H groups in total. The van der Waals surface area contributed by atoms with Gasteiger partial charge in [0, 0.05) is 5.92 Å². The number of carbonyl (C=O) groups is 1. The van der Waals surface area contributed by atoms with Crippen LogP contribution in [0.3, 0.4) is 0 Å². The molecular weight excluding hydrogens is 164 g/mol. The first-order valence-electron chi connectivity index (χ1n) is 3.16. The van der Waals surface area contributed by atoms with E-state index in [9.17, 15) is 22.4 Å². The lowest BCUT2D eigenvalue weighted by molar-refractivity contribution is -0.168. The van der Waals surface area contributed by atoms with Gasteiger partial charge in [-0.3, -0.25) is 4.79 Å². The molecule has 0 aromatic rings. The van der Waals surface area contributed by atoms with Crippen molar-refractivity contribution in [1.29, 1.82) is 0 Å². The van der Waals surface area contributed by atoms with Gasteiger partial charge in [0.2, 0.25) is 5.78 Å². The highest BCUT2D eigenvalue weighted by Gasteiger charge is 2.53. The molecule has 0 aliphatic heterocycles. The van der Waals surface area contributed by atoms with Crippen molar-refractivity contribution in [3.8, 4) is 0 Å². The molecule has 0 radical (unpaired) electrons. The average molecular weight is 170 g/mol. The predicted octanol–water partition coefficient (Wildman–Crippen LogP) is 1.87. The summed E-state index contributed by atoms with van der Waals surface area (Å²) in [5, 5.41) is 0. The Bertz CT molecular complexity index is 173. The van der Waals surface area contributed by atoms with Crippen LogP contribution >= 0.6 is 0 Å². The molecule has 0 unspecified atom stereocenters. The van der Waals surface area contributed by atoms with E-state index in [1.54, 1.807) is 0 Å². The summed E-state index contributed by atoms with van der Waals surface area (Å²) in [7, 11) is 0. The maximum Gasteiger partial charge on any atom is 0.364 e. The Kier molecular flexibility index (Phi) is 1.90.